The molecular weight excluding hydrogens is 279 g/mol. The Bertz CT molecular complexity index is 413. The first-order valence-electron chi connectivity index (χ1n) is 6.59. The van der Waals surface area contributed by atoms with E-state index in [4.69, 9.17) is 28.9 Å². The summed E-state index contributed by atoms with van der Waals surface area (Å²) in [7, 11) is 2.12. The molecule has 19 heavy (non-hydrogen) atoms. The molecule has 0 amide bonds. The topological polar surface area (TPSA) is 29.3 Å². The van der Waals surface area contributed by atoms with Gasteiger partial charge in [-0.05, 0) is 37.1 Å². The van der Waals surface area contributed by atoms with Crippen LogP contribution in [0.5, 0.6) is 0 Å². The highest BCUT2D eigenvalue weighted by molar-refractivity contribution is 6.42. The Morgan fingerprint density at radius 3 is 2.47 bits per heavy atom. The molecule has 1 aromatic carbocycles. The molecule has 4 heteroatoms. The number of halogens is 2. The summed E-state index contributed by atoms with van der Waals surface area (Å²) in [6.45, 7) is 8.69. The van der Waals surface area contributed by atoms with Gasteiger partial charge in [0.1, 0.15) is 0 Å². The highest BCUT2D eigenvalue weighted by atomic mass is 35.5. The predicted octanol–water partition coefficient (Wildman–Crippen LogP) is 4.36. The second-order valence-electron chi connectivity index (χ2n) is 6.34. The average molecular weight is 303 g/mol. The fourth-order valence-corrected chi connectivity index (χ4v) is 2.66. The van der Waals surface area contributed by atoms with Crippen molar-refractivity contribution in [2.75, 3.05) is 20.1 Å². The third kappa shape index (κ3) is 5.70. The van der Waals surface area contributed by atoms with Gasteiger partial charge in [-0.3, -0.25) is 0 Å². The molecule has 2 N–H and O–H groups in total. The molecule has 0 bridgehead atoms. The summed E-state index contributed by atoms with van der Waals surface area (Å²) < 4.78 is 0. The van der Waals surface area contributed by atoms with Crippen LogP contribution in [0.1, 0.15) is 38.8 Å². The predicted molar refractivity (Wildman–Crippen MR) is 85.0 cm³/mol. The second kappa shape index (κ2) is 6.94. The Morgan fingerprint density at radius 1 is 1.26 bits per heavy atom. The lowest BCUT2D eigenvalue weighted by molar-refractivity contribution is 0.221. The van der Waals surface area contributed by atoms with E-state index in [1.165, 1.54) is 0 Å². The van der Waals surface area contributed by atoms with Crippen LogP contribution in [-0.4, -0.2) is 25.0 Å². The van der Waals surface area contributed by atoms with Crippen molar-refractivity contribution in [3.63, 3.8) is 0 Å². The zero-order valence-corrected chi connectivity index (χ0v) is 13.7. The zero-order chi connectivity index (χ0) is 14.6. The molecule has 1 atom stereocenters. The van der Waals surface area contributed by atoms with Crippen molar-refractivity contribution in [2.45, 2.75) is 33.2 Å². The lowest BCUT2D eigenvalue weighted by atomic mass is 9.96. The summed E-state index contributed by atoms with van der Waals surface area (Å²) in [5.41, 5.74) is 7.43. The van der Waals surface area contributed by atoms with E-state index in [9.17, 15) is 0 Å². The number of benzene rings is 1. The largest absolute Gasteiger partial charge is 0.324 e. The highest BCUT2D eigenvalue weighted by Crippen LogP contribution is 2.30. The first-order chi connectivity index (χ1) is 8.70. The van der Waals surface area contributed by atoms with Crippen LogP contribution >= 0.6 is 23.2 Å². The minimum atomic E-state index is -0.0754. The zero-order valence-electron chi connectivity index (χ0n) is 12.2. The van der Waals surface area contributed by atoms with Crippen molar-refractivity contribution in [1.29, 1.82) is 0 Å². The van der Waals surface area contributed by atoms with Crippen molar-refractivity contribution in [3.05, 3.63) is 33.8 Å². The molecule has 1 aromatic rings. The van der Waals surface area contributed by atoms with Gasteiger partial charge in [-0.2, -0.15) is 0 Å². The Kier molecular flexibility index (Phi) is 6.13. The molecule has 0 aliphatic rings. The fourth-order valence-electron chi connectivity index (χ4n) is 2.21. The average Bonchev–Trinajstić information content (AvgIpc) is 2.27. The summed E-state index contributed by atoms with van der Waals surface area (Å²) in [5, 5.41) is 1.15. The number of hydrogen-bond acceptors (Lipinski definition) is 2. The van der Waals surface area contributed by atoms with Crippen LogP contribution in [0.25, 0.3) is 0 Å². The number of nitrogens with two attached hydrogens (primary N) is 1. The van der Waals surface area contributed by atoms with Gasteiger partial charge in [0.25, 0.3) is 0 Å². The molecule has 0 heterocycles. The Hall–Kier alpha value is -0.280. The van der Waals surface area contributed by atoms with Gasteiger partial charge in [0, 0.05) is 12.6 Å². The van der Waals surface area contributed by atoms with Gasteiger partial charge in [0.2, 0.25) is 0 Å². The van der Waals surface area contributed by atoms with E-state index in [2.05, 4.69) is 32.7 Å². The highest BCUT2D eigenvalue weighted by Gasteiger charge is 2.16. The quantitative estimate of drug-likeness (QED) is 0.875. The molecule has 1 rings (SSSR count). The van der Waals surface area contributed by atoms with E-state index in [-0.39, 0.29) is 6.04 Å². The van der Waals surface area contributed by atoms with Crippen LogP contribution in [0.3, 0.4) is 0 Å². The van der Waals surface area contributed by atoms with E-state index in [1.807, 2.05) is 12.1 Å². The summed E-state index contributed by atoms with van der Waals surface area (Å²) in [6, 6.07) is 5.55. The smallest absolute Gasteiger partial charge is 0.0640 e. The van der Waals surface area contributed by atoms with Gasteiger partial charge in [0.15, 0.2) is 0 Å². The third-order valence-electron chi connectivity index (χ3n) is 2.95. The van der Waals surface area contributed by atoms with Gasteiger partial charge in [-0.25, -0.2) is 0 Å². The molecule has 0 aliphatic carbocycles. The van der Waals surface area contributed by atoms with Crippen LogP contribution in [0.15, 0.2) is 18.2 Å². The van der Waals surface area contributed by atoms with E-state index in [1.54, 1.807) is 6.07 Å². The van der Waals surface area contributed by atoms with Crippen molar-refractivity contribution in [2.24, 2.45) is 11.1 Å². The maximum Gasteiger partial charge on any atom is 0.0640 e. The Balaban J connectivity index is 2.56. The number of hydrogen-bond donors (Lipinski definition) is 1. The second-order valence-corrected chi connectivity index (χ2v) is 7.12. The molecule has 0 aromatic heterocycles. The van der Waals surface area contributed by atoms with Gasteiger partial charge in [-0.15, -0.1) is 0 Å². The van der Waals surface area contributed by atoms with Gasteiger partial charge < -0.3 is 10.6 Å². The van der Waals surface area contributed by atoms with E-state index < -0.39 is 0 Å². The van der Waals surface area contributed by atoms with Crippen LogP contribution in [0.4, 0.5) is 0 Å². The van der Waals surface area contributed by atoms with Crippen molar-refractivity contribution in [3.8, 4) is 0 Å². The molecule has 0 saturated heterocycles. The van der Waals surface area contributed by atoms with Crippen LogP contribution in [0.2, 0.25) is 10.0 Å². The molecule has 2 nitrogen and oxygen atoms in total. The maximum absolute atomic E-state index is 6.21. The normalized spacial score (nSPS) is 13.9. The van der Waals surface area contributed by atoms with E-state index >= 15 is 0 Å². The summed E-state index contributed by atoms with van der Waals surface area (Å²) in [4.78, 5) is 2.30. The molecule has 0 fully saturated rings. The monoisotopic (exact) mass is 302 g/mol. The molecule has 0 saturated carbocycles. The van der Waals surface area contributed by atoms with E-state index in [0.29, 0.717) is 15.5 Å². The van der Waals surface area contributed by atoms with Crippen molar-refractivity contribution in [1.82, 2.24) is 4.90 Å². The lowest BCUT2D eigenvalue weighted by Crippen LogP contribution is -2.31. The summed E-state index contributed by atoms with van der Waals surface area (Å²) in [6.07, 6.45) is 0.868. The minimum Gasteiger partial charge on any atom is -0.324 e. The molecular formula is C15H24Cl2N2. The number of rotatable bonds is 5. The van der Waals surface area contributed by atoms with Gasteiger partial charge in [0.05, 0.1) is 10.0 Å². The van der Waals surface area contributed by atoms with Gasteiger partial charge in [-0.1, -0.05) is 56.1 Å². The maximum atomic E-state index is 6.21. The summed E-state index contributed by atoms with van der Waals surface area (Å²) >= 11 is 12.2. The SMILES string of the molecule is CN(CCC(N)c1cccc(Cl)c1Cl)CC(C)(C)C. The standard InChI is InChI=1S/C15H24Cl2N2/c1-15(2,3)10-19(4)9-8-13(18)11-6-5-7-12(16)14(11)17/h5-7,13H,8-10,18H2,1-4H3. The summed E-state index contributed by atoms with van der Waals surface area (Å²) in [5.74, 6) is 0. The van der Waals surface area contributed by atoms with Crippen LogP contribution in [-0.2, 0) is 0 Å². The molecule has 1 unspecified atom stereocenters. The minimum absolute atomic E-state index is 0.0754. The van der Waals surface area contributed by atoms with E-state index in [0.717, 1.165) is 25.1 Å². The first-order valence-corrected chi connectivity index (χ1v) is 7.34. The lowest BCUT2D eigenvalue weighted by Gasteiger charge is -2.27. The molecule has 0 aliphatic heterocycles. The first kappa shape index (κ1) is 16.8. The Morgan fingerprint density at radius 2 is 1.89 bits per heavy atom. The number of nitrogens with zero attached hydrogens (tertiary/aromatic N) is 1. The molecule has 108 valence electrons. The molecule has 0 spiro atoms. The molecule has 0 radical (unpaired) electrons. The third-order valence-corrected chi connectivity index (χ3v) is 3.78. The van der Waals surface area contributed by atoms with Gasteiger partial charge >= 0.3 is 0 Å². The van der Waals surface area contributed by atoms with Crippen LogP contribution in [0, 0.1) is 5.41 Å². The Labute approximate surface area is 126 Å². The fraction of sp³-hybridized carbons (Fsp3) is 0.600. The van der Waals surface area contributed by atoms with Crippen molar-refractivity contribution >= 4 is 23.2 Å². The van der Waals surface area contributed by atoms with Crippen molar-refractivity contribution < 1.29 is 0 Å². The van der Waals surface area contributed by atoms with Crippen LogP contribution < -0.4 is 5.73 Å².